The van der Waals surface area contributed by atoms with Gasteiger partial charge in [-0.25, -0.2) is 4.79 Å². The molecule has 0 unspecified atom stereocenters. The van der Waals surface area contributed by atoms with Gasteiger partial charge in [0.1, 0.15) is 5.72 Å². The number of carboxylic acids is 1. The molecule has 0 saturated carbocycles. The number of ether oxygens (including phenoxy) is 1. The summed E-state index contributed by atoms with van der Waals surface area (Å²) < 4.78 is 5.93. The van der Waals surface area contributed by atoms with Gasteiger partial charge in [0.25, 0.3) is 5.91 Å². The number of benzene rings is 1. The van der Waals surface area contributed by atoms with E-state index < -0.39 is 23.6 Å². The van der Waals surface area contributed by atoms with E-state index in [9.17, 15) is 14.7 Å². The van der Waals surface area contributed by atoms with Crippen molar-refractivity contribution in [3.63, 3.8) is 0 Å². The summed E-state index contributed by atoms with van der Waals surface area (Å²) in [6.07, 6.45) is 2.23. The Balaban J connectivity index is 1.89. The van der Waals surface area contributed by atoms with Gasteiger partial charge in [-0.1, -0.05) is 30.1 Å². The fraction of sp³-hybridized carbons (Fsp3) is 0.556. The van der Waals surface area contributed by atoms with E-state index in [1.54, 1.807) is 12.1 Å². The third-order valence-electron chi connectivity index (χ3n) is 5.11. The monoisotopic (exact) mass is 400 g/mol. The molecule has 0 aromatic heterocycles. The Bertz CT molecular complexity index is 704. The summed E-state index contributed by atoms with van der Waals surface area (Å²) in [7, 11) is 0. The molecule has 1 amide bonds. The highest BCUT2D eigenvalue weighted by molar-refractivity contribution is 6.42. The molecule has 0 bridgehead atoms. The van der Waals surface area contributed by atoms with Crippen LogP contribution in [0.1, 0.15) is 36.5 Å². The molecule has 1 N–H and O–H groups in total. The third-order valence-corrected chi connectivity index (χ3v) is 5.85. The van der Waals surface area contributed by atoms with Crippen LogP contribution >= 0.6 is 23.2 Å². The zero-order chi connectivity index (χ0) is 18.9. The normalized spacial score (nSPS) is 22.7. The highest BCUT2D eigenvalue weighted by atomic mass is 35.5. The van der Waals surface area contributed by atoms with Gasteiger partial charge in [0.05, 0.1) is 16.7 Å². The molecule has 0 radical (unpaired) electrons. The number of halogens is 2. The zero-order valence-corrected chi connectivity index (χ0v) is 16.1. The zero-order valence-electron chi connectivity index (χ0n) is 14.6. The molecule has 8 heteroatoms. The number of piperidine rings is 1. The molecule has 1 aromatic carbocycles. The van der Waals surface area contributed by atoms with Crippen molar-refractivity contribution in [3.05, 3.63) is 33.8 Å². The number of rotatable bonds is 4. The number of carbonyl (C=O) groups excluding carboxylic acids is 1. The van der Waals surface area contributed by atoms with Crippen LogP contribution < -0.4 is 0 Å². The first-order chi connectivity index (χ1) is 12.4. The summed E-state index contributed by atoms with van der Waals surface area (Å²) in [6, 6.07) is 3.58. The van der Waals surface area contributed by atoms with Gasteiger partial charge >= 0.3 is 5.97 Å². The predicted molar refractivity (Wildman–Crippen MR) is 98.7 cm³/mol. The molecule has 2 aliphatic heterocycles. The lowest BCUT2D eigenvalue weighted by molar-refractivity contribution is -0.143. The number of aliphatic carboxylic acids is 1. The van der Waals surface area contributed by atoms with E-state index in [0.29, 0.717) is 23.4 Å². The highest BCUT2D eigenvalue weighted by Gasteiger charge is 2.54. The summed E-state index contributed by atoms with van der Waals surface area (Å²) in [6.45, 7) is 4.64. The Hall–Kier alpha value is -1.34. The molecule has 2 aliphatic rings. The van der Waals surface area contributed by atoms with Crippen LogP contribution in [0.2, 0.25) is 10.0 Å². The number of hydrogen-bond donors (Lipinski definition) is 1. The molecule has 2 saturated heterocycles. The number of nitrogens with zero attached hydrogens (tertiary/aromatic N) is 2. The average Bonchev–Trinajstić information content (AvgIpc) is 2.98. The van der Waals surface area contributed by atoms with Gasteiger partial charge < -0.3 is 14.7 Å². The van der Waals surface area contributed by atoms with Crippen molar-refractivity contribution in [3.8, 4) is 0 Å². The van der Waals surface area contributed by atoms with Crippen LogP contribution in [0.4, 0.5) is 0 Å². The van der Waals surface area contributed by atoms with Crippen molar-refractivity contribution in [1.29, 1.82) is 0 Å². The minimum atomic E-state index is -1.06. The first kappa shape index (κ1) is 19.4. The van der Waals surface area contributed by atoms with Gasteiger partial charge in [-0.3, -0.25) is 9.69 Å². The Morgan fingerprint density at radius 2 is 1.96 bits per heavy atom. The standard InChI is InChI=1S/C18H22Cl2N2O4/c1-2-7-21-8-5-18(6-9-21)22(15(11-26-18)17(24)25)16(23)12-3-4-13(19)14(20)10-12/h3-4,10,15H,2,5-9,11H2,1H3,(H,24,25)/t15-/m1/s1. The molecule has 142 valence electrons. The van der Waals surface area contributed by atoms with Crippen molar-refractivity contribution >= 4 is 35.1 Å². The Morgan fingerprint density at radius 1 is 1.27 bits per heavy atom. The van der Waals surface area contributed by atoms with Gasteiger partial charge in [0, 0.05) is 31.5 Å². The van der Waals surface area contributed by atoms with Gasteiger partial charge in [-0.2, -0.15) is 0 Å². The van der Waals surface area contributed by atoms with Crippen LogP contribution in [-0.2, 0) is 9.53 Å². The van der Waals surface area contributed by atoms with E-state index >= 15 is 0 Å². The fourth-order valence-corrected chi connectivity index (χ4v) is 4.06. The Kier molecular flexibility index (Phi) is 5.77. The van der Waals surface area contributed by atoms with Crippen LogP contribution in [0.5, 0.6) is 0 Å². The molecule has 2 heterocycles. The van der Waals surface area contributed by atoms with Crippen molar-refractivity contribution in [2.45, 2.75) is 38.0 Å². The van der Waals surface area contributed by atoms with Crippen molar-refractivity contribution in [1.82, 2.24) is 9.80 Å². The van der Waals surface area contributed by atoms with Gasteiger partial charge in [0.2, 0.25) is 0 Å². The average molecular weight is 401 g/mol. The van der Waals surface area contributed by atoms with Gasteiger partial charge in [0.15, 0.2) is 6.04 Å². The summed E-state index contributed by atoms with van der Waals surface area (Å²) in [5.41, 5.74) is -0.567. The third kappa shape index (κ3) is 3.56. The molecule has 3 rings (SSSR count). The van der Waals surface area contributed by atoms with Crippen molar-refractivity contribution in [2.24, 2.45) is 0 Å². The maximum Gasteiger partial charge on any atom is 0.328 e. The molecular formula is C18H22Cl2N2O4. The first-order valence-electron chi connectivity index (χ1n) is 8.76. The van der Waals surface area contributed by atoms with E-state index in [1.165, 1.54) is 11.0 Å². The van der Waals surface area contributed by atoms with Crippen LogP contribution in [0.15, 0.2) is 18.2 Å². The second-order valence-electron chi connectivity index (χ2n) is 6.76. The quantitative estimate of drug-likeness (QED) is 0.840. The Morgan fingerprint density at radius 3 is 2.54 bits per heavy atom. The highest BCUT2D eigenvalue weighted by Crippen LogP contribution is 2.39. The van der Waals surface area contributed by atoms with E-state index in [4.69, 9.17) is 27.9 Å². The Labute approximate surface area is 162 Å². The summed E-state index contributed by atoms with van der Waals surface area (Å²) in [5, 5.41) is 10.2. The van der Waals surface area contributed by atoms with Crippen LogP contribution in [0.3, 0.4) is 0 Å². The van der Waals surface area contributed by atoms with Gasteiger partial charge in [-0.15, -0.1) is 0 Å². The molecule has 1 aromatic rings. The van der Waals surface area contributed by atoms with Crippen molar-refractivity contribution < 1.29 is 19.4 Å². The molecule has 1 atom stereocenters. The van der Waals surface area contributed by atoms with Crippen molar-refractivity contribution in [2.75, 3.05) is 26.2 Å². The summed E-state index contributed by atoms with van der Waals surface area (Å²) >= 11 is 12.0. The lowest BCUT2D eigenvalue weighted by Crippen LogP contribution is -2.58. The minimum absolute atomic E-state index is 0.00380. The number of carboxylic acid groups (broad SMARTS) is 1. The topological polar surface area (TPSA) is 70.1 Å². The van der Waals surface area contributed by atoms with Crippen LogP contribution in [0.25, 0.3) is 0 Å². The summed E-state index contributed by atoms with van der Waals surface area (Å²) in [4.78, 5) is 28.6. The maximum atomic E-state index is 13.2. The number of carbonyl (C=O) groups is 2. The smallest absolute Gasteiger partial charge is 0.328 e. The SMILES string of the molecule is CCCN1CCC2(CC1)OC[C@H](C(=O)O)N2C(=O)c1ccc(Cl)c(Cl)c1. The predicted octanol–water partition coefficient (Wildman–Crippen LogP) is 3.12. The van der Waals surface area contributed by atoms with Crippen LogP contribution in [-0.4, -0.2) is 64.8 Å². The van der Waals surface area contributed by atoms with E-state index in [1.807, 2.05) is 0 Å². The first-order valence-corrected chi connectivity index (χ1v) is 9.51. The maximum absolute atomic E-state index is 13.2. The second-order valence-corrected chi connectivity index (χ2v) is 7.57. The van der Waals surface area contributed by atoms with E-state index in [0.717, 1.165) is 26.1 Å². The summed E-state index contributed by atoms with van der Waals surface area (Å²) in [5.74, 6) is -1.45. The number of likely N-dealkylation sites (tertiary alicyclic amines) is 1. The minimum Gasteiger partial charge on any atom is -0.480 e. The molecule has 2 fully saturated rings. The molecule has 0 aliphatic carbocycles. The molecular weight excluding hydrogens is 379 g/mol. The number of hydrogen-bond acceptors (Lipinski definition) is 4. The molecule has 6 nitrogen and oxygen atoms in total. The van der Waals surface area contributed by atoms with Crippen LogP contribution in [0, 0.1) is 0 Å². The molecule has 1 spiro atoms. The van der Waals surface area contributed by atoms with E-state index in [-0.39, 0.29) is 11.6 Å². The lowest BCUT2D eigenvalue weighted by Gasteiger charge is -2.44. The number of amides is 1. The second kappa shape index (κ2) is 7.72. The largest absolute Gasteiger partial charge is 0.480 e. The molecule has 26 heavy (non-hydrogen) atoms. The van der Waals surface area contributed by atoms with Gasteiger partial charge in [-0.05, 0) is 31.2 Å². The lowest BCUT2D eigenvalue weighted by atomic mass is 9.96. The van der Waals surface area contributed by atoms with E-state index in [2.05, 4.69) is 11.8 Å². The fourth-order valence-electron chi connectivity index (χ4n) is 3.77.